The first kappa shape index (κ1) is 16.5. The van der Waals surface area contributed by atoms with Gasteiger partial charge in [0.2, 0.25) is 0 Å². The van der Waals surface area contributed by atoms with Crippen LogP contribution in [0.1, 0.15) is 28.1 Å². The standard InChI is InChI=1S/C17H16BrFN4OS/c18-13-5-4-12(25-13)16(24)23-8-6-17(7-9-23)21-11-3-1-2-10(19)14(11)15(20)22-17/h1-5,21H,6-9H2,(H2,20,22). The van der Waals surface area contributed by atoms with Crippen LogP contribution in [-0.2, 0) is 0 Å². The number of anilines is 1. The van der Waals surface area contributed by atoms with E-state index in [1.807, 2.05) is 23.1 Å². The predicted octanol–water partition coefficient (Wildman–Crippen LogP) is 3.41. The van der Waals surface area contributed by atoms with Gasteiger partial charge >= 0.3 is 0 Å². The lowest BCUT2D eigenvalue weighted by atomic mass is 9.93. The molecule has 0 radical (unpaired) electrons. The van der Waals surface area contributed by atoms with E-state index in [4.69, 9.17) is 5.73 Å². The predicted molar refractivity (Wildman–Crippen MR) is 101 cm³/mol. The van der Waals surface area contributed by atoms with Crippen LogP contribution in [0.15, 0.2) is 39.1 Å². The number of hydrogen-bond donors (Lipinski definition) is 2. The fourth-order valence-electron chi connectivity index (χ4n) is 3.36. The normalized spacial score (nSPS) is 18.5. The van der Waals surface area contributed by atoms with Crippen molar-refractivity contribution < 1.29 is 9.18 Å². The molecule has 0 unspecified atom stereocenters. The van der Waals surface area contributed by atoms with E-state index in [-0.39, 0.29) is 17.6 Å². The average molecular weight is 423 g/mol. The lowest BCUT2D eigenvalue weighted by molar-refractivity contribution is 0.0690. The zero-order valence-electron chi connectivity index (χ0n) is 13.3. The second kappa shape index (κ2) is 6.10. The lowest BCUT2D eigenvalue weighted by Gasteiger charge is -2.42. The maximum atomic E-state index is 14.0. The molecule has 130 valence electrons. The number of nitrogens with one attached hydrogen (secondary N) is 1. The Morgan fingerprint density at radius 1 is 1.32 bits per heavy atom. The van der Waals surface area contributed by atoms with E-state index in [2.05, 4.69) is 26.2 Å². The molecule has 25 heavy (non-hydrogen) atoms. The molecule has 1 aromatic carbocycles. The summed E-state index contributed by atoms with van der Waals surface area (Å²) in [4.78, 5) is 19.7. The van der Waals surface area contributed by atoms with Crippen molar-refractivity contribution in [3.63, 3.8) is 0 Å². The molecule has 1 saturated heterocycles. The number of nitrogens with zero attached hydrogens (tertiary/aromatic N) is 2. The largest absolute Gasteiger partial charge is 0.383 e. The Morgan fingerprint density at radius 2 is 2.08 bits per heavy atom. The third kappa shape index (κ3) is 2.93. The molecule has 8 heteroatoms. The maximum absolute atomic E-state index is 14.0. The number of carbonyl (C=O) groups is 1. The number of amidine groups is 1. The maximum Gasteiger partial charge on any atom is 0.263 e. The molecule has 2 aliphatic rings. The van der Waals surface area contributed by atoms with Gasteiger partial charge in [-0.2, -0.15) is 0 Å². The fourth-order valence-corrected chi connectivity index (χ4v) is 4.71. The van der Waals surface area contributed by atoms with Crippen LogP contribution in [0.25, 0.3) is 0 Å². The lowest BCUT2D eigenvalue weighted by Crippen LogP contribution is -2.52. The number of rotatable bonds is 1. The fraction of sp³-hybridized carbons (Fsp3) is 0.294. The van der Waals surface area contributed by atoms with E-state index in [1.54, 1.807) is 6.07 Å². The molecule has 0 aliphatic carbocycles. The van der Waals surface area contributed by atoms with Crippen molar-refractivity contribution in [2.24, 2.45) is 10.7 Å². The van der Waals surface area contributed by atoms with Gasteiger partial charge in [-0.1, -0.05) is 6.07 Å². The number of nitrogens with two attached hydrogens (primary N) is 1. The highest BCUT2D eigenvalue weighted by molar-refractivity contribution is 9.11. The van der Waals surface area contributed by atoms with Crippen LogP contribution in [0.3, 0.4) is 0 Å². The van der Waals surface area contributed by atoms with Gasteiger partial charge in [-0.25, -0.2) is 9.38 Å². The summed E-state index contributed by atoms with van der Waals surface area (Å²) in [6.07, 6.45) is 1.25. The zero-order valence-corrected chi connectivity index (χ0v) is 15.7. The minimum atomic E-state index is -0.572. The highest BCUT2D eigenvalue weighted by Gasteiger charge is 2.39. The molecular weight excluding hydrogens is 407 g/mol. The van der Waals surface area contributed by atoms with Crippen LogP contribution in [0.5, 0.6) is 0 Å². The Morgan fingerprint density at radius 3 is 2.76 bits per heavy atom. The number of thiophene rings is 1. The molecule has 0 atom stereocenters. The number of carbonyl (C=O) groups excluding carboxylic acids is 1. The van der Waals surface area contributed by atoms with Crippen LogP contribution >= 0.6 is 27.3 Å². The highest BCUT2D eigenvalue weighted by atomic mass is 79.9. The summed E-state index contributed by atoms with van der Waals surface area (Å²) in [6, 6.07) is 8.54. The summed E-state index contributed by atoms with van der Waals surface area (Å²) in [6.45, 7) is 1.14. The zero-order chi connectivity index (χ0) is 17.6. The van der Waals surface area contributed by atoms with Gasteiger partial charge in [0.15, 0.2) is 0 Å². The Labute approximate surface area is 156 Å². The van der Waals surface area contributed by atoms with Gasteiger partial charge in [0.05, 0.1) is 14.2 Å². The quantitative estimate of drug-likeness (QED) is 0.739. The van der Waals surface area contributed by atoms with Crippen LogP contribution < -0.4 is 11.1 Å². The number of piperidine rings is 1. The third-order valence-corrected chi connectivity index (χ3v) is 6.25. The van der Waals surface area contributed by atoms with Crippen molar-refractivity contribution in [3.8, 4) is 0 Å². The average Bonchev–Trinajstić information content (AvgIpc) is 3.01. The summed E-state index contributed by atoms with van der Waals surface area (Å²) < 4.78 is 14.9. The topological polar surface area (TPSA) is 70.7 Å². The molecule has 3 N–H and O–H groups in total. The van der Waals surface area contributed by atoms with Gasteiger partial charge in [0, 0.05) is 31.6 Å². The SMILES string of the molecule is NC1=NC2(CCN(C(=O)c3ccc(Br)s3)CC2)Nc2cccc(F)c21. The summed E-state index contributed by atoms with van der Waals surface area (Å²) in [7, 11) is 0. The molecule has 0 saturated carbocycles. The molecule has 1 fully saturated rings. The molecule has 0 bridgehead atoms. The number of aliphatic imine (C=N–C) groups is 1. The minimum Gasteiger partial charge on any atom is -0.383 e. The molecule has 1 spiro atoms. The number of hydrogen-bond acceptors (Lipinski definition) is 5. The van der Waals surface area contributed by atoms with E-state index < -0.39 is 5.66 Å². The van der Waals surface area contributed by atoms with Gasteiger partial charge in [-0.15, -0.1) is 11.3 Å². The first-order valence-electron chi connectivity index (χ1n) is 7.94. The van der Waals surface area contributed by atoms with Crippen molar-refractivity contribution in [1.82, 2.24) is 4.90 Å². The Bertz CT molecular complexity index is 873. The van der Waals surface area contributed by atoms with Crippen molar-refractivity contribution in [3.05, 3.63) is 50.4 Å². The van der Waals surface area contributed by atoms with E-state index in [0.717, 1.165) is 8.66 Å². The van der Waals surface area contributed by atoms with Gasteiger partial charge in [-0.05, 0) is 40.2 Å². The van der Waals surface area contributed by atoms with Gasteiger partial charge in [-0.3, -0.25) is 4.79 Å². The molecule has 5 nitrogen and oxygen atoms in total. The molecular formula is C17H16BrFN4OS. The Hall–Kier alpha value is -1.93. The Balaban J connectivity index is 1.52. The van der Waals surface area contributed by atoms with Crippen molar-refractivity contribution in [2.75, 3.05) is 18.4 Å². The van der Waals surface area contributed by atoms with E-state index in [1.165, 1.54) is 17.4 Å². The molecule has 3 heterocycles. The van der Waals surface area contributed by atoms with Crippen LogP contribution in [0, 0.1) is 5.82 Å². The van der Waals surface area contributed by atoms with Crippen LogP contribution in [-0.4, -0.2) is 35.4 Å². The highest BCUT2D eigenvalue weighted by Crippen LogP contribution is 2.35. The number of likely N-dealkylation sites (tertiary alicyclic amines) is 1. The smallest absolute Gasteiger partial charge is 0.263 e. The number of fused-ring (bicyclic) bond motifs is 1. The first-order valence-corrected chi connectivity index (χ1v) is 9.55. The van der Waals surface area contributed by atoms with Gasteiger partial charge in [0.1, 0.15) is 17.3 Å². The number of amides is 1. The van der Waals surface area contributed by atoms with E-state index in [0.29, 0.717) is 37.2 Å². The number of halogens is 2. The molecule has 4 rings (SSSR count). The second-order valence-electron chi connectivity index (χ2n) is 6.21. The van der Waals surface area contributed by atoms with E-state index >= 15 is 0 Å². The van der Waals surface area contributed by atoms with Gasteiger partial charge < -0.3 is 16.0 Å². The van der Waals surface area contributed by atoms with Gasteiger partial charge in [0.25, 0.3) is 5.91 Å². The first-order chi connectivity index (χ1) is 12.0. The van der Waals surface area contributed by atoms with Crippen molar-refractivity contribution >= 4 is 44.7 Å². The monoisotopic (exact) mass is 422 g/mol. The summed E-state index contributed by atoms with van der Waals surface area (Å²) in [5.41, 5.74) is 6.45. The van der Waals surface area contributed by atoms with E-state index in [9.17, 15) is 9.18 Å². The van der Waals surface area contributed by atoms with Crippen molar-refractivity contribution in [2.45, 2.75) is 18.5 Å². The third-order valence-electron chi connectivity index (χ3n) is 4.63. The summed E-state index contributed by atoms with van der Waals surface area (Å²) in [5, 5.41) is 3.34. The Kier molecular flexibility index (Phi) is 4.04. The molecule has 2 aliphatic heterocycles. The van der Waals surface area contributed by atoms with Crippen LogP contribution in [0.4, 0.5) is 10.1 Å². The second-order valence-corrected chi connectivity index (χ2v) is 8.67. The van der Waals surface area contributed by atoms with Crippen LogP contribution in [0.2, 0.25) is 0 Å². The number of benzene rings is 1. The summed E-state index contributed by atoms with van der Waals surface area (Å²) in [5.74, 6) is -0.129. The molecule has 1 aromatic heterocycles. The van der Waals surface area contributed by atoms with Crippen molar-refractivity contribution in [1.29, 1.82) is 0 Å². The minimum absolute atomic E-state index is 0.0322. The summed E-state index contributed by atoms with van der Waals surface area (Å²) >= 11 is 4.82. The molecule has 1 amide bonds. The molecule has 2 aromatic rings.